The van der Waals surface area contributed by atoms with Gasteiger partial charge in [-0.2, -0.15) is 5.10 Å². The molecule has 7 heteroatoms. The smallest absolute Gasteiger partial charge is 0.271 e. The van der Waals surface area contributed by atoms with Crippen LogP contribution in [0.1, 0.15) is 27.2 Å². The van der Waals surface area contributed by atoms with Crippen molar-refractivity contribution in [2.75, 3.05) is 0 Å². The normalized spacial score (nSPS) is 11.2. The molecule has 0 unspecified atom stereocenters. The number of carbonyl (C=O) groups is 1. The van der Waals surface area contributed by atoms with Crippen molar-refractivity contribution in [1.82, 2.24) is 9.99 Å². The lowest BCUT2D eigenvalue weighted by Crippen LogP contribution is -2.17. The first-order valence-electron chi connectivity index (χ1n) is 13.7. The Morgan fingerprint density at radius 1 is 0.884 bits per heavy atom. The molecule has 5 aromatic carbocycles. The van der Waals surface area contributed by atoms with Crippen LogP contribution in [0, 0.1) is 6.92 Å². The molecular formula is C36H27BrClN3O2. The minimum Gasteiger partial charge on any atom is -0.486 e. The molecule has 1 N–H and O–H groups in total. The second kappa shape index (κ2) is 12.7. The molecule has 0 atom stereocenters. The fourth-order valence-corrected chi connectivity index (χ4v) is 5.97. The maximum Gasteiger partial charge on any atom is 0.271 e. The number of nitrogens with one attached hydrogen (secondary N) is 1. The average Bonchev–Trinajstić information content (AvgIpc) is 3.42. The number of amides is 1. The standard InChI is InChI=1S/C36H27BrClN3O2/c1-24-11-18-34(28-8-3-2-4-9-28)41(24)31-16-14-29(15-17-31)36(42)40-39-22-26-20-32(37)35(33(38)21-26)43-23-25-12-13-27-7-5-6-10-30(27)19-25/h2-22H,23H2,1H3,(H,40,42)/b39-22-. The average molecular weight is 649 g/mol. The number of nitrogens with zero attached hydrogens (tertiary/aromatic N) is 2. The van der Waals surface area contributed by atoms with Gasteiger partial charge in [0.15, 0.2) is 5.75 Å². The molecule has 5 nitrogen and oxygen atoms in total. The van der Waals surface area contributed by atoms with E-state index in [0.29, 0.717) is 33.0 Å². The van der Waals surface area contributed by atoms with Gasteiger partial charge in [-0.3, -0.25) is 4.79 Å². The highest BCUT2D eigenvalue weighted by Gasteiger charge is 2.12. The number of ether oxygens (including phenoxy) is 1. The number of halogens is 2. The molecule has 0 fully saturated rings. The van der Waals surface area contributed by atoms with Crippen LogP contribution in [0.4, 0.5) is 0 Å². The van der Waals surface area contributed by atoms with E-state index in [4.69, 9.17) is 16.3 Å². The van der Waals surface area contributed by atoms with Gasteiger partial charge in [0.25, 0.3) is 5.91 Å². The fraction of sp³-hybridized carbons (Fsp3) is 0.0556. The zero-order valence-corrected chi connectivity index (χ0v) is 25.6. The fourth-order valence-electron chi connectivity index (χ4n) is 4.98. The summed E-state index contributed by atoms with van der Waals surface area (Å²) in [5, 5.41) is 6.92. The maximum atomic E-state index is 12.8. The van der Waals surface area contributed by atoms with Crippen LogP contribution >= 0.6 is 27.5 Å². The second-order valence-electron chi connectivity index (χ2n) is 10.1. The van der Waals surface area contributed by atoms with Crippen LogP contribution in [0.3, 0.4) is 0 Å². The van der Waals surface area contributed by atoms with Gasteiger partial charge in [0.2, 0.25) is 0 Å². The van der Waals surface area contributed by atoms with E-state index in [1.54, 1.807) is 24.4 Å². The zero-order chi connectivity index (χ0) is 29.8. The first kappa shape index (κ1) is 28.5. The van der Waals surface area contributed by atoms with Gasteiger partial charge in [0, 0.05) is 16.9 Å². The summed E-state index contributed by atoms with van der Waals surface area (Å²) in [5.74, 6) is 0.236. The van der Waals surface area contributed by atoms with Crippen molar-refractivity contribution in [2.45, 2.75) is 13.5 Å². The van der Waals surface area contributed by atoms with Gasteiger partial charge in [0.05, 0.1) is 21.4 Å². The number of hydrazone groups is 1. The van der Waals surface area contributed by atoms with Crippen LogP contribution in [-0.2, 0) is 6.61 Å². The molecule has 6 rings (SSSR count). The summed E-state index contributed by atoms with van der Waals surface area (Å²) in [7, 11) is 0. The molecule has 1 amide bonds. The lowest BCUT2D eigenvalue weighted by atomic mass is 10.1. The summed E-state index contributed by atoms with van der Waals surface area (Å²) >= 11 is 10.1. The van der Waals surface area contributed by atoms with Gasteiger partial charge in [-0.1, -0.05) is 78.3 Å². The van der Waals surface area contributed by atoms with Gasteiger partial charge in [-0.05, 0) is 105 Å². The molecule has 0 saturated heterocycles. The van der Waals surface area contributed by atoms with Crippen LogP contribution in [-0.4, -0.2) is 16.7 Å². The van der Waals surface area contributed by atoms with Crippen LogP contribution in [0.25, 0.3) is 27.7 Å². The zero-order valence-electron chi connectivity index (χ0n) is 23.3. The van der Waals surface area contributed by atoms with E-state index in [1.165, 1.54) is 5.39 Å². The molecule has 0 aliphatic carbocycles. The van der Waals surface area contributed by atoms with E-state index in [0.717, 1.165) is 33.6 Å². The number of hydrogen-bond donors (Lipinski definition) is 1. The van der Waals surface area contributed by atoms with E-state index < -0.39 is 0 Å². The van der Waals surface area contributed by atoms with Crippen LogP contribution in [0.2, 0.25) is 5.02 Å². The summed E-state index contributed by atoms with van der Waals surface area (Å²) in [6.07, 6.45) is 1.55. The summed E-state index contributed by atoms with van der Waals surface area (Å²) in [4.78, 5) is 12.8. The van der Waals surface area contributed by atoms with Gasteiger partial charge in [0.1, 0.15) is 6.61 Å². The van der Waals surface area contributed by atoms with Crippen LogP contribution < -0.4 is 10.2 Å². The third kappa shape index (κ3) is 6.41. The quantitative estimate of drug-likeness (QED) is 0.132. The molecule has 0 aliphatic heterocycles. The minimum absolute atomic E-state index is 0.309. The van der Waals surface area contributed by atoms with Gasteiger partial charge in [-0.25, -0.2) is 5.43 Å². The third-order valence-corrected chi connectivity index (χ3v) is 8.00. The highest BCUT2D eigenvalue weighted by molar-refractivity contribution is 9.10. The van der Waals surface area contributed by atoms with Crippen molar-refractivity contribution in [2.24, 2.45) is 5.10 Å². The molecule has 0 bridgehead atoms. The van der Waals surface area contributed by atoms with E-state index >= 15 is 0 Å². The Labute approximate surface area is 263 Å². The van der Waals surface area contributed by atoms with Gasteiger partial charge < -0.3 is 9.30 Å². The Morgan fingerprint density at radius 3 is 2.40 bits per heavy atom. The van der Waals surface area contributed by atoms with Crippen molar-refractivity contribution < 1.29 is 9.53 Å². The molecular weight excluding hydrogens is 622 g/mol. The Balaban J connectivity index is 1.09. The molecule has 1 aromatic heterocycles. The summed E-state index contributed by atoms with van der Waals surface area (Å²) < 4.78 is 8.91. The van der Waals surface area contributed by atoms with E-state index in [9.17, 15) is 4.79 Å². The second-order valence-corrected chi connectivity index (χ2v) is 11.4. The number of aryl methyl sites for hydroxylation is 1. The number of fused-ring (bicyclic) bond motifs is 1. The van der Waals surface area contributed by atoms with Crippen LogP contribution in [0.5, 0.6) is 5.75 Å². The SMILES string of the molecule is Cc1ccc(-c2ccccc2)n1-c1ccc(C(=O)N/N=C\c2cc(Cl)c(OCc3ccc4ccccc4c3)c(Br)c2)cc1. The summed E-state index contributed by atoms with van der Waals surface area (Å²) in [5.41, 5.74) is 9.16. The lowest BCUT2D eigenvalue weighted by Gasteiger charge is -2.13. The van der Waals surface area contributed by atoms with Crippen molar-refractivity contribution >= 4 is 50.4 Å². The molecule has 1 heterocycles. The number of aromatic nitrogens is 1. The molecule has 212 valence electrons. The first-order chi connectivity index (χ1) is 21.0. The Bertz CT molecular complexity index is 1930. The summed E-state index contributed by atoms with van der Waals surface area (Å²) in [6, 6.07) is 39.9. The van der Waals surface area contributed by atoms with E-state index in [1.807, 2.05) is 54.6 Å². The third-order valence-electron chi connectivity index (χ3n) is 7.13. The number of hydrogen-bond acceptors (Lipinski definition) is 3. The summed E-state index contributed by atoms with van der Waals surface area (Å²) in [6.45, 7) is 2.44. The molecule has 0 spiro atoms. The highest BCUT2D eigenvalue weighted by Crippen LogP contribution is 2.35. The first-order valence-corrected chi connectivity index (χ1v) is 14.9. The lowest BCUT2D eigenvalue weighted by molar-refractivity contribution is 0.0955. The topological polar surface area (TPSA) is 55.6 Å². The van der Waals surface area contributed by atoms with Gasteiger partial charge >= 0.3 is 0 Å². The van der Waals surface area contributed by atoms with E-state index in [2.05, 4.69) is 86.5 Å². The van der Waals surface area contributed by atoms with Crippen molar-refractivity contribution in [1.29, 1.82) is 0 Å². The number of rotatable bonds is 8. The predicted octanol–water partition coefficient (Wildman–Crippen LogP) is 9.36. The monoisotopic (exact) mass is 647 g/mol. The van der Waals surface area contributed by atoms with Gasteiger partial charge in [-0.15, -0.1) is 0 Å². The van der Waals surface area contributed by atoms with Crippen LogP contribution in [0.15, 0.2) is 131 Å². The molecule has 0 saturated carbocycles. The van der Waals surface area contributed by atoms with Crippen molar-refractivity contribution in [3.8, 4) is 22.7 Å². The van der Waals surface area contributed by atoms with E-state index in [-0.39, 0.29) is 5.91 Å². The largest absolute Gasteiger partial charge is 0.486 e. The molecule has 0 aliphatic rings. The molecule has 43 heavy (non-hydrogen) atoms. The molecule has 6 aromatic rings. The van der Waals surface area contributed by atoms with Crippen molar-refractivity contribution in [3.05, 3.63) is 153 Å². The molecule has 0 radical (unpaired) electrons. The maximum absolute atomic E-state index is 12.8. The number of carbonyl (C=O) groups excluding carboxylic acids is 1. The highest BCUT2D eigenvalue weighted by atomic mass is 79.9. The Morgan fingerprint density at radius 2 is 1.63 bits per heavy atom. The Kier molecular flexibility index (Phi) is 8.40. The minimum atomic E-state index is -0.309. The van der Waals surface area contributed by atoms with Crippen molar-refractivity contribution in [3.63, 3.8) is 0 Å². The number of benzene rings is 5. The predicted molar refractivity (Wildman–Crippen MR) is 178 cm³/mol. The Hall–Kier alpha value is -4.65.